The molecule has 0 saturated carbocycles. The van der Waals surface area contributed by atoms with E-state index in [4.69, 9.17) is 10.5 Å². The lowest BCUT2D eigenvalue weighted by molar-refractivity contribution is 0.0142. The molecule has 90 valence electrons. The highest BCUT2D eigenvalue weighted by Crippen LogP contribution is 2.35. The van der Waals surface area contributed by atoms with Crippen molar-refractivity contribution in [3.8, 4) is 5.75 Å². The van der Waals surface area contributed by atoms with Crippen LogP contribution in [0.25, 0.3) is 0 Å². The number of halogens is 2. The van der Waals surface area contributed by atoms with Gasteiger partial charge in [-0.25, -0.2) is 8.78 Å². The molecule has 16 heavy (non-hydrogen) atoms. The van der Waals surface area contributed by atoms with E-state index >= 15 is 0 Å². The average molecular weight is 229 g/mol. The molecule has 1 aromatic carbocycles. The molecule has 4 heteroatoms. The van der Waals surface area contributed by atoms with Crippen molar-refractivity contribution >= 4 is 5.69 Å². The van der Waals surface area contributed by atoms with Crippen LogP contribution in [0.4, 0.5) is 14.5 Å². The van der Waals surface area contributed by atoms with Crippen molar-refractivity contribution in [3.63, 3.8) is 0 Å². The Hall–Kier alpha value is -1.32. The van der Waals surface area contributed by atoms with Gasteiger partial charge in [-0.1, -0.05) is 13.8 Å². The molecular formula is C12H17F2NO. The fraction of sp³-hybridized carbons (Fsp3) is 0.500. The maximum atomic E-state index is 13.3. The Morgan fingerprint density at radius 3 is 2.50 bits per heavy atom. The largest absolute Gasteiger partial charge is 0.493 e. The van der Waals surface area contributed by atoms with E-state index in [0.29, 0.717) is 12.3 Å². The van der Waals surface area contributed by atoms with Gasteiger partial charge in [-0.05, 0) is 24.1 Å². The molecule has 0 aliphatic heterocycles. The minimum absolute atomic E-state index is 0.159. The lowest BCUT2D eigenvalue weighted by Crippen LogP contribution is -2.13. The second kappa shape index (κ2) is 4.68. The molecule has 0 unspecified atom stereocenters. The quantitative estimate of drug-likeness (QED) is 0.803. The normalized spacial score (nSPS) is 11.9. The summed E-state index contributed by atoms with van der Waals surface area (Å²) in [6.45, 7) is 5.17. The minimum atomic E-state index is -2.94. The van der Waals surface area contributed by atoms with E-state index in [0.717, 1.165) is 6.92 Å². The predicted octanol–water partition coefficient (Wildman–Crippen LogP) is 3.42. The smallest absolute Gasteiger partial charge is 0.274 e. The molecule has 0 radical (unpaired) electrons. The zero-order chi connectivity index (χ0) is 12.3. The van der Waals surface area contributed by atoms with E-state index in [1.165, 1.54) is 12.1 Å². The molecular weight excluding hydrogens is 212 g/mol. The first kappa shape index (κ1) is 12.7. The van der Waals surface area contributed by atoms with Gasteiger partial charge in [0.2, 0.25) is 0 Å². The van der Waals surface area contributed by atoms with Gasteiger partial charge in [0.1, 0.15) is 5.75 Å². The molecule has 0 amide bonds. The van der Waals surface area contributed by atoms with Gasteiger partial charge in [0.05, 0.1) is 12.2 Å². The van der Waals surface area contributed by atoms with Crippen molar-refractivity contribution in [2.24, 2.45) is 5.92 Å². The van der Waals surface area contributed by atoms with E-state index in [1.54, 1.807) is 6.07 Å². The van der Waals surface area contributed by atoms with Gasteiger partial charge in [0.15, 0.2) is 0 Å². The summed E-state index contributed by atoms with van der Waals surface area (Å²) in [6, 6.07) is 4.31. The van der Waals surface area contributed by atoms with Crippen LogP contribution in [-0.4, -0.2) is 6.61 Å². The predicted molar refractivity (Wildman–Crippen MR) is 60.8 cm³/mol. The van der Waals surface area contributed by atoms with E-state index in [2.05, 4.69) is 0 Å². The molecule has 1 rings (SSSR count). The number of rotatable bonds is 4. The molecule has 0 atom stereocenters. The molecule has 0 aromatic heterocycles. The van der Waals surface area contributed by atoms with Gasteiger partial charge in [-0.3, -0.25) is 0 Å². The Labute approximate surface area is 94.4 Å². The van der Waals surface area contributed by atoms with Gasteiger partial charge in [0.25, 0.3) is 5.92 Å². The van der Waals surface area contributed by atoms with Crippen LogP contribution in [-0.2, 0) is 5.92 Å². The Kier molecular flexibility index (Phi) is 3.73. The number of nitrogens with two attached hydrogens (primary N) is 1. The van der Waals surface area contributed by atoms with Crippen LogP contribution in [0, 0.1) is 5.92 Å². The third-order valence-corrected chi connectivity index (χ3v) is 2.05. The van der Waals surface area contributed by atoms with Crippen molar-refractivity contribution in [2.45, 2.75) is 26.7 Å². The van der Waals surface area contributed by atoms with Crippen molar-refractivity contribution in [1.29, 1.82) is 0 Å². The SMILES string of the molecule is CC(C)COc1ccc(N)cc1C(C)(F)F. The van der Waals surface area contributed by atoms with Crippen LogP contribution in [0.5, 0.6) is 5.75 Å². The molecule has 2 N–H and O–H groups in total. The second-order valence-electron chi connectivity index (χ2n) is 4.35. The molecule has 0 fully saturated rings. The number of benzene rings is 1. The standard InChI is InChI=1S/C12H17F2NO/c1-8(2)7-16-11-5-4-9(15)6-10(11)12(3,13)14/h4-6,8H,7,15H2,1-3H3. The molecule has 1 aromatic rings. The monoisotopic (exact) mass is 229 g/mol. The Bertz CT molecular complexity index is 359. The first-order chi connectivity index (χ1) is 7.30. The molecule has 0 aliphatic rings. The van der Waals surface area contributed by atoms with Crippen molar-refractivity contribution < 1.29 is 13.5 Å². The van der Waals surface area contributed by atoms with E-state index in [9.17, 15) is 8.78 Å². The van der Waals surface area contributed by atoms with Crippen LogP contribution in [0.3, 0.4) is 0 Å². The lowest BCUT2D eigenvalue weighted by Gasteiger charge is -2.17. The molecule has 0 heterocycles. The maximum absolute atomic E-state index is 13.3. The Morgan fingerprint density at radius 2 is 2.00 bits per heavy atom. The lowest BCUT2D eigenvalue weighted by atomic mass is 10.1. The van der Waals surface area contributed by atoms with Gasteiger partial charge in [0, 0.05) is 12.6 Å². The third-order valence-electron chi connectivity index (χ3n) is 2.05. The van der Waals surface area contributed by atoms with Crippen LogP contribution in [0.15, 0.2) is 18.2 Å². The number of nitrogen functional groups attached to an aromatic ring is 1. The van der Waals surface area contributed by atoms with E-state index in [-0.39, 0.29) is 17.2 Å². The summed E-state index contributed by atoms with van der Waals surface area (Å²) < 4.78 is 31.9. The summed E-state index contributed by atoms with van der Waals surface area (Å²) >= 11 is 0. The summed E-state index contributed by atoms with van der Waals surface area (Å²) in [7, 11) is 0. The van der Waals surface area contributed by atoms with Crippen molar-refractivity contribution in [2.75, 3.05) is 12.3 Å². The number of hydrogen-bond donors (Lipinski definition) is 1. The van der Waals surface area contributed by atoms with Crippen molar-refractivity contribution in [3.05, 3.63) is 23.8 Å². The molecule has 0 aliphatic carbocycles. The van der Waals surface area contributed by atoms with Crippen molar-refractivity contribution in [1.82, 2.24) is 0 Å². The summed E-state index contributed by atoms with van der Waals surface area (Å²) in [6.07, 6.45) is 0. The zero-order valence-corrected chi connectivity index (χ0v) is 9.76. The van der Waals surface area contributed by atoms with Gasteiger partial charge < -0.3 is 10.5 Å². The fourth-order valence-electron chi connectivity index (χ4n) is 1.27. The van der Waals surface area contributed by atoms with Crippen LogP contribution in [0.1, 0.15) is 26.3 Å². The van der Waals surface area contributed by atoms with Gasteiger partial charge in [-0.15, -0.1) is 0 Å². The third kappa shape index (κ3) is 3.36. The number of anilines is 1. The van der Waals surface area contributed by atoms with Crippen LogP contribution in [0.2, 0.25) is 0 Å². The zero-order valence-electron chi connectivity index (χ0n) is 9.76. The molecule has 0 spiro atoms. The van der Waals surface area contributed by atoms with Crippen LogP contribution >= 0.6 is 0 Å². The average Bonchev–Trinajstić information content (AvgIpc) is 2.14. The summed E-state index contributed by atoms with van der Waals surface area (Å²) in [5.41, 5.74) is 5.65. The highest BCUT2D eigenvalue weighted by molar-refractivity contribution is 5.49. The van der Waals surface area contributed by atoms with Gasteiger partial charge in [-0.2, -0.15) is 0 Å². The number of alkyl halides is 2. The Morgan fingerprint density at radius 1 is 1.38 bits per heavy atom. The summed E-state index contributed by atoms with van der Waals surface area (Å²) in [5.74, 6) is -2.45. The molecule has 0 saturated heterocycles. The molecule has 2 nitrogen and oxygen atoms in total. The number of ether oxygens (including phenoxy) is 1. The minimum Gasteiger partial charge on any atom is -0.493 e. The van der Waals surface area contributed by atoms with Crippen LogP contribution < -0.4 is 10.5 Å². The Balaban J connectivity index is 2.99. The topological polar surface area (TPSA) is 35.2 Å². The summed E-state index contributed by atoms with van der Waals surface area (Å²) in [5, 5.41) is 0. The first-order valence-corrected chi connectivity index (χ1v) is 5.21. The summed E-state index contributed by atoms with van der Waals surface area (Å²) in [4.78, 5) is 0. The van der Waals surface area contributed by atoms with E-state index < -0.39 is 5.92 Å². The fourth-order valence-corrected chi connectivity index (χ4v) is 1.27. The molecule has 0 bridgehead atoms. The maximum Gasteiger partial charge on any atom is 0.274 e. The first-order valence-electron chi connectivity index (χ1n) is 5.21. The highest BCUT2D eigenvalue weighted by Gasteiger charge is 2.28. The number of hydrogen-bond acceptors (Lipinski definition) is 2. The van der Waals surface area contributed by atoms with E-state index in [1.807, 2.05) is 13.8 Å². The highest BCUT2D eigenvalue weighted by atomic mass is 19.3. The second-order valence-corrected chi connectivity index (χ2v) is 4.35. The van der Waals surface area contributed by atoms with Gasteiger partial charge >= 0.3 is 0 Å².